The number of primary amides is 1. The number of nitrogens with two attached hydrogens (primary N) is 1. The summed E-state index contributed by atoms with van der Waals surface area (Å²) < 4.78 is 10.5. The highest BCUT2D eigenvalue weighted by atomic mass is 16.6. The van der Waals surface area contributed by atoms with Crippen molar-refractivity contribution in [2.45, 2.75) is 13.0 Å². The van der Waals surface area contributed by atoms with Crippen LogP contribution in [0.5, 0.6) is 5.88 Å². The van der Waals surface area contributed by atoms with Crippen LogP contribution >= 0.6 is 0 Å². The number of esters is 1. The number of carbonyl (C=O) groups excluding carboxylic acids is 2. The quantitative estimate of drug-likeness (QED) is 0.822. The maximum atomic E-state index is 12.3. The Hall–Kier alpha value is -2.89. The maximum Gasteiger partial charge on any atom is 0.344 e. The van der Waals surface area contributed by atoms with Gasteiger partial charge in [-0.05, 0) is 19.1 Å². The molecule has 2 rings (SSSR count). The number of ether oxygens (including phenoxy) is 2. The van der Waals surface area contributed by atoms with Crippen molar-refractivity contribution in [3.63, 3.8) is 0 Å². The van der Waals surface area contributed by atoms with E-state index in [1.165, 1.54) is 12.3 Å². The second-order valence-corrected chi connectivity index (χ2v) is 4.39. The van der Waals surface area contributed by atoms with Crippen LogP contribution in [0.1, 0.15) is 28.9 Å². The Kier molecular flexibility index (Phi) is 5.08. The fourth-order valence-electron chi connectivity index (χ4n) is 1.89. The lowest BCUT2D eigenvalue weighted by Crippen LogP contribution is -2.26. The molecule has 1 aromatic heterocycles. The fraction of sp³-hybridized carbons (Fsp3) is 0.188. The summed E-state index contributed by atoms with van der Waals surface area (Å²) in [5.41, 5.74) is 5.98. The van der Waals surface area contributed by atoms with Crippen LogP contribution in [0, 0.1) is 0 Å². The summed E-state index contributed by atoms with van der Waals surface area (Å²) >= 11 is 0. The predicted octanol–water partition coefficient (Wildman–Crippen LogP) is 1.86. The summed E-state index contributed by atoms with van der Waals surface area (Å²) in [6.45, 7) is 2.13. The zero-order chi connectivity index (χ0) is 15.9. The molecule has 0 bridgehead atoms. The van der Waals surface area contributed by atoms with Crippen LogP contribution in [0.4, 0.5) is 0 Å². The molecule has 0 fully saturated rings. The molecule has 0 aliphatic carbocycles. The number of carbonyl (C=O) groups is 2. The van der Waals surface area contributed by atoms with E-state index in [4.69, 9.17) is 15.2 Å². The zero-order valence-electron chi connectivity index (χ0n) is 12.1. The van der Waals surface area contributed by atoms with E-state index in [1.807, 2.05) is 0 Å². The Morgan fingerprint density at radius 1 is 1.18 bits per heavy atom. The van der Waals surface area contributed by atoms with Gasteiger partial charge in [0.1, 0.15) is 5.56 Å². The summed E-state index contributed by atoms with van der Waals surface area (Å²) in [6, 6.07) is 11.7. The molecule has 1 heterocycles. The molecule has 6 nitrogen and oxygen atoms in total. The van der Waals surface area contributed by atoms with E-state index in [0.29, 0.717) is 12.2 Å². The number of aromatic nitrogens is 1. The van der Waals surface area contributed by atoms with Gasteiger partial charge in [-0.1, -0.05) is 30.3 Å². The normalized spacial score (nSPS) is 11.5. The van der Waals surface area contributed by atoms with Crippen molar-refractivity contribution in [3.05, 3.63) is 59.8 Å². The molecular weight excluding hydrogens is 284 g/mol. The molecule has 1 aromatic carbocycles. The molecule has 22 heavy (non-hydrogen) atoms. The molecular formula is C16H16N2O4. The summed E-state index contributed by atoms with van der Waals surface area (Å²) in [4.78, 5) is 27.8. The van der Waals surface area contributed by atoms with Gasteiger partial charge in [-0.3, -0.25) is 4.79 Å². The minimum Gasteiger partial charge on any atom is -0.477 e. The van der Waals surface area contributed by atoms with Crippen molar-refractivity contribution in [2.75, 3.05) is 6.61 Å². The molecule has 0 spiro atoms. The number of benzene rings is 1. The van der Waals surface area contributed by atoms with Crippen LogP contribution in [0.2, 0.25) is 0 Å². The van der Waals surface area contributed by atoms with E-state index in [1.54, 1.807) is 43.3 Å². The van der Waals surface area contributed by atoms with Gasteiger partial charge in [0.25, 0.3) is 5.91 Å². The molecule has 6 heteroatoms. The van der Waals surface area contributed by atoms with E-state index in [0.717, 1.165) is 0 Å². The second kappa shape index (κ2) is 7.21. The molecule has 0 aliphatic heterocycles. The standard InChI is InChI=1S/C16H16N2O4/c1-2-21-15-12(9-6-10-18-15)16(20)22-13(14(17)19)11-7-4-3-5-8-11/h3-10,13H,2H2,1H3,(H2,17,19)/t13-/m0/s1. The fourth-order valence-corrected chi connectivity index (χ4v) is 1.89. The van der Waals surface area contributed by atoms with Crippen molar-refractivity contribution in [3.8, 4) is 5.88 Å². The summed E-state index contributed by atoms with van der Waals surface area (Å²) in [7, 11) is 0. The van der Waals surface area contributed by atoms with Crippen LogP contribution in [0.3, 0.4) is 0 Å². The van der Waals surface area contributed by atoms with Crippen molar-refractivity contribution in [2.24, 2.45) is 5.73 Å². The molecule has 0 aliphatic rings. The molecule has 1 amide bonds. The van der Waals surface area contributed by atoms with E-state index in [-0.39, 0.29) is 11.4 Å². The van der Waals surface area contributed by atoms with Gasteiger partial charge in [0.15, 0.2) is 0 Å². The zero-order valence-corrected chi connectivity index (χ0v) is 12.1. The highest BCUT2D eigenvalue weighted by molar-refractivity contribution is 5.94. The largest absolute Gasteiger partial charge is 0.477 e. The molecule has 2 aromatic rings. The van der Waals surface area contributed by atoms with E-state index in [9.17, 15) is 9.59 Å². The average Bonchev–Trinajstić information content (AvgIpc) is 2.54. The number of hydrogen-bond acceptors (Lipinski definition) is 5. The van der Waals surface area contributed by atoms with E-state index < -0.39 is 18.0 Å². The van der Waals surface area contributed by atoms with Crippen molar-refractivity contribution in [1.82, 2.24) is 4.98 Å². The third-order valence-electron chi connectivity index (χ3n) is 2.86. The summed E-state index contributed by atoms with van der Waals surface area (Å²) in [5, 5.41) is 0. The highest BCUT2D eigenvalue weighted by Crippen LogP contribution is 2.22. The van der Waals surface area contributed by atoms with Gasteiger partial charge in [0.2, 0.25) is 12.0 Å². The third-order valence-corrected chi connectivity index (χ3v) is 2.86. The minimum atomic E-state index is -1.16. The molecule has 0 radical (unpaired) electrons. The Morgan fingerprint density at radius 3 is 2.55 bits per heavy atom. The van der Waals surface area contributed by atoms with Crippen LogP contribution in [0.25, 0.3) is 0 Å². The second-order valence-electron chi connectivity index (χ2n) is 4.39. The number of rotatable bonds is 6. The van der Waals surface area contributed by atoms with Gasteiger partial charge < -0.3 is 15.2 Å². The molecule has 2 N–H and O–H groups in total. The lowest BCUT2D eigenvalue weighted by Gasteiger charge is -2.16. The third kappa shape index (κ3) is 3.60. The SMILES string of the molecule is CCOc1ncccc1C(=O)O[C@H](C(N)=O)c1ccccc1. The van der Waals surface area contributed by atoms with Gasteiger partial charge in [0.05, 0.1) is 6.61 Å². The number of nitrogens with zero attached hydrogens (tertiary/aromatic N) is 1. The van der Waals surface area contributed by atoms with Crippen molar-refractivity contribution < 1.29 is 19.1 Å². The van der Waals surface area contributed by atoms with Gasteiger partial charge in [-0.15, -0.1) is 0 Å². The van der Waals surface area contributed by atoms with Gasteiger partial charge in [-0.25, -0.2) is 9.78 Å². The maximum absolute atomic E-state index is 12.3. The first-order valence-electron chi connectivity index (χ1n) is 6.76. The Labute approximate surface area is 127 Å². The lowest BCUT2D eigenvalue weighted by molar-refractivity contribution is -0.127. The molecule has 0 saturated heterocycles. The monoisotopic (exact) mass is 300 g/mol. The van der Waals surface area contributed by atoms with Crippen LogP contribution in [-0.4, -0.2) is 23.5 Å². The van der Waals surface area contributed by atoms with Crippen molar-refractivity contribution >= 4 is 11.9 Å². The first kappa shape index (κ1) is 15.5. The average molecular weight is 300 g/mol. The Balaban J connectivity index is 2.24. The van der Waals surface area contributed by atoms with Crippen LogP contribution < -0.4 is 10.5 Å². The van der Waals surface area contributed by atoms with Crippen LogP contribution in [0.15, 0.2) is 48.7 Å². The summed E-state index contributed by atoms with van der Waals surface area (Å²) in [5.74, 6) is -1.31. The molecule has 1 atom stereocenters. The van der Waals surface area contributed by atoms with E-state index >= 15 is 0 Å². The first-order valence-corrected chi connectivity index (χ1v) is 6.76. The molecule has 0 saturated carbocycles. The number of hydrogen-bond donors (Lipinski definition) is 1. The topological polar surface area (TPSA) is 91.5 Å². The number of pyridine rings is 1. The van der Waals surface area contributed by atoms with Gasteiger partial charge in [-0.2, -0.15) is 0 Å². The lowest BCUT2D eigenvalue weighted by atomic mass is 10.1. The predicted molar refractivity (Wildman–Crippen MR) is 79.2 cm³/mol. The first-order chi connectivity index (χ1) is 10.6. The summed E-state index contributed by atoms with van der Waals surface area (Å²) in [6.07, 6.45) is 0.341. The Morgan fingerprint density at radius 2 is 1.91 bits per heavy atom. The minimum absolute atomic E-state index is 0.145. The van der Waals surface area contributed by atoms with Gasteiger partial charge >= 0.3 is 5.97 Å². The molecule has 0 unspecified atom stereocenters. The number of amides is 1. The van der Waals surface area contributed by atoms with Gasteiger partial charge in [0, 0.05) is 11.8 Å². The Bertz CT molecular complexity index is 658. The highest BCUT2D eigenvalue weighted by Gasteiger charge is 2.25. The van der Waals surface area contributed by atoms with Crippen molar-refractivity contribution in [1.29, 1.82) is 0 Å². The smallest absolute Gasteiger partial charge is 0.344 e. The van der Waals surface area contributed by atoms with E-state index in [2.05, 4.69) is 4.98 Å². The molecule has 114 valence electrons. The van der Waals surface area contributed by atoms with Crippen LogP contribution in [-0.2, 0) is 9.53 Å².